The van der Waals surface area contributed by atoms with Gasteiger partial charge in [-0.15, -0.1) is 0 Å². The lowest BCUT2D eigenvalue weighted by molar-refractivity contribution is 0.0863. The second-order valence-corrected chi connectivity index (χ2v) is 7.33. The van der Waals surface area contributed by atoms with Crippen molar-refractivity contribution < 1.29 is 9.59 Å². The molecular weight excluding hydrogens is 371 g/mol. The first-order chi connectivity index (χ1) is 12.5. The van der Waals surface area contributed by atoms with Crippen molar-refractivity contribution in [1.29, 1.82) is 0 Å². The molecule has 0 heterocycles. The maximum Gasteiger partial charge on any atom is 0.251 e. The first-order valence-corrected chi connectivity index (χ1v) is 9.41. The van der Waals surface area contributed by atoms with Crippen molar-refractivity contribution in [2.75, 3.05) is 0 Å². The average Bonchev–Trinajstić information content (AvgIpc) is 2.64. The fraction of sp³-hybridized carbons (Fsp3) is 0.300. The number of hydrogen-bond acceptors (Lipinski definition) is 2. The predicted octanol–water partition coefficient (Wildman–Crippen LogP) is 4.46. The van der Waals surface area contributed by atoms with Gasteiger partial charge in [-0.05, 0) is 61.4 Å². The summed E-state index contributed by atoms with van der Waals surface area (Å²) in [6.45, 7) is 0. The van der Waals surface area contributed by atoms with E-state index in [9.17, 15) is 9.59 Å². The maximum atomic E-state index is 12.5. The quantitative estimate of drug-likeness (QED) is 0.808. The molecule has 0 unspecified atom stereocenters. The monoisotopic (exact) mass is 390 g/mol. The van der Waals surface area contributed by atoms with Crippen molar-refractivity contribution in [2.24, 2.45) is 0 Å². The van der Waals surface area contributed by atoms with Crippen LogP contribution in [0.5, 0.6) is 0 Å². The molecule has 1 fully saturated rings. The topological polar surface area (TPSA) is 58.2 Å². The van der Waals surface area contributed by atoms with Crippen molar-refractivity contribution in [2.45, 2.75) is 37.8 Å². The molecule has 3 rings (SSSR count). The van der Waals surface area contributed by atoms with Crippen LogP contribution in [-0.2, 0) is 0 Å². The number of carbonyl (C=O) groups excluding carboxylic acids is 2. The summed E-state index contributed by atoms with van der Waals surface area (Å²) < 4.78 is 0. The van der Waals surface area contributed by atoms with Crippen LogP contribution in [0, 0.1) is 0 Å². The van der Waals surface area contributed by atoms with Gasteiger partial charge in [-0.2, -0.15) is 0 Å². The highest BCUT2D eigenvalue weighted by atomic mass is 35.5. The molecule has 0 aromatic heterocycles. The summed E-state index contributed by atoms with van der Waals surface area (Å²) in [4.78, 5) is 25.0. The van der Waals surface area contributed by atoms with E-state index in [1.54, 1.807) is 48.5 Å². The highest BCUT2D eigenvalue weighted by Gasteiger charge is 2.28. The van der Waals surface area contributed by atoms with Crippen molar-refractivity contribution in [3.8, 4) is 0 Å². The zero-order chi connectivity index (χ0) is 18.5. The number of rotatable bonds is 4. The van der Waals surface area contributed by atoms with Gasteiger partial charge < -0.3 is 10.6 Å². The van der Waals surface area contributed by atoms with E-state index in [0.29, 0.717) is 21.2 Å². The molecule has 6 heteroatoms. The normalized spacial score (nSPS) is 19.6. The minimum absolute atomic E-state index is 0.0943. The molecule has 0 bridgehead atoms. The second kappa shape index (κ2) is 8.56. The third-order valence-electron chi connectivity index (χ3n) is 4.61. The molecule has 4 nitrogen and oxygen atoms in total. The summed E-state index contributed by atoms with van der Waals surface area (Å²) in [6.07, 6.45) is 3.73. The molecule has 1 saturated carbocycles. The van der Waals surface area contributed by atoms with E-state index >= 15 is 0 Å². The number of benzene rings is 2. The summed E-state index contributed by atoms with van der Waals surface area (Å²) >= 11 is 11.7. The number of amides is 2. The summed E-state index contributed by atoms with van der Waals surface area (Å²) in [5.74, 6) is -0.307. The van der Waals surface area contributed by atoms with E-state index in [0.717, 1.165) is 25.7 Å². The number of nitrogens with one attached hydrogen (secondary N) is 2. The molecule has 1 aliphatic carbocycles. The molecule has 2 N–H and O–H groups in total. The van der Waals surface area contributed by atoms with Crippen LogP contribution >= 0.6 is 23.2 Å². The van der Waals surface area contributed by atoms with Gasteiger partial charge in [0.05, 0.1) is 0 Å². The summed E-state index contributed by atoms with van der Waals surface area (Å²) in [6, 6.07) is 13.4. The molecule has 2 amide bonds. The Balaban J connectivity index is 1.65. The van der Waals surface area contributed by atoms with Gasteiger partial charge in [0.2, 0.25) is 0 Å². The van der Waals surface area contributed by atoms with Crippen LogP contribution in [0.3, 0.4) is 0 Å². The number of halogens is 2. The number of carbonyl (C=O) groups is 2. The lowest BCUT2D eigenvalue weighted by Gasteiger charge is -2.33. The Bertz CT molecular complexity index is 708. The molecule has 2 aromatic rings. The maximum absolute atomic E-state index is 12.5. The van der Waals surface area contributed by atoms with E-state index in [1.165, 1.54) is 0 Å². The molecular formula is C20H20Cl2N2O2. The molecule has 0 saturated heterocycles. The highest BCUT2D eigenvalue weighted by Crippen LogP contribution is 2.20. The lowest BCUT2D eigenvalue weighted by Crippen LogP contribution is -2.53. The molecule has 26 heavy (non-hydrogen) atoms. The van der Waals surface area contributed by atoms with Crippen molar-refractivity contribution in [3.05, 3.63) is 69.7 Å². The average molecular weight is 391 g/mol. The van der Waals surface area contributed by atoms with E-state index in [-0.39, 0.29) is 23.9 Å². The lowest BCUT2D eigenvalue weighted by atomic mass is 9.89. The third kappa shape index (κ3) is 4.77. The Hall–Kier alpha value is -2.04. The van der Waals surface area contributed by atoms with Crippen LogP contribution in [0.25, 0.3) is 0 Å². The van der Waals surface area contributed by atoms with Crippen LogP contribution in [0.2, 0.25) is 10.0 Å². The van der Waals surface area contributed by atoms with Gasteiger partial charge in [-0.3, -0.25) is 9.59 Å². The van der Waals surface area contributed by atoms with Gasteiger partial charge in [-0.1, -0.05) is 36.0 Å². The second-order valence-electron chi connectivity index (χ2n) is 6.46. The standard InChI is InChI=1S/C20H20Cl2N2O2/c21-15-9-5-13(6-10-15)19(25)23-17-3-1-2-4-18(17)24-20(26)14-7-11-16(22)12-8-14/h5-12,17-18H,1-4H2,(H,23,25)(H,24,26)/t17-,18+. The van der Waals surface area contributed by atoms with Crippen molar-refractivity contribution >= 4 is 35.0 Å². The predicted molar refractivity (Wildman–Crippen MR) is 104 cm³/mol. The summed E-state index contributed by atoms with van der Waals surface area (Å²) in [5, 5.41) is 7.29. The Morgan fingerprint density at radius 2 is 1.04 bits per heavy atom. The molecule has 0 aliphatic heterocycles. The van der Waals surface area contributed by atoms with Crippen LogP contribution in [0.15, 0.2) is 48.5 Å². The Labute approximate surface area is 162 Å². The van der Waals surface area contributed by atoms with Crippen LogP contribution in [0.1, 0.15) is 46.4 Å². The SMILES string of the molecule is O=C(N[C@H]1CCCC[C@H]1NC(=O)c1ccc(Cl)cc1)c1ccc(Cl)cc1. The third-order valence-corrected chi connectivity index (χ3v) is 5.12. The first-order valence-electron chi connectivity index (χ1n) is 8.66. The zero-order valence-electron chi connectivity index (χ0n) is 14.2. The fourth-order valence-corrected chi connectivity index (χ4v) is 3.43. The smallest absolute Gasteiger partial charge is 0.251 e. The van der Waals surface area contributed by atoms with E-state index < -0.39 is 0 Å². The zero-order valence-corrected chi connectivity index (χ0v) is 15.7. The van der Waals surface area contributed by atoms with Crippen molar-refractivity contribution in [3.63, 3.8) is 0 Å². The Morgan fingerprint density at radius 3 is 1.38 bits per heavy atom. The van der Waals surface area contributed by atoms with Crippen LogP contribution < -0.4 is 10.6 Å². The summed E-state index contributed by atoms with van der Waals surface area (Å²) in [5.41, 5.74) is 1.12. The minimum Gasteiger partial charge on any atom is -0.347 e. The van der Waals surface area contributed by atoms with Gasteiger partial charge in [0, 0.05) is 33.3 Å². The summed E-state index contributed by atoms with van der Waals surface area (Å²) in [7, 11) is 0. The Morgan fingerprint density at radius 1 is 0.692 bits per heavy atom. The largest absolute Gasteiger partial charge is 0.347 e. The van der Waals surface area contributed by atoms with Crippen LogP contribution in [-0.4, -0.2) is 23.9 Å². The van der Waals surface area contributed by atoms with Gasteiger partial charge >= 0.3 is 0 Å². The van der Waals surface area contributed by atoms with E-state index in [4.69, 9.17) is 23.2 Å². The molecule has 1 aliphatic rings. The molecule has 2 aromatic carbocycles. The van der Waals surface area contributed by atoms with E-state index in [2.05, 4.69) is 10.6 Å². The van der Waals surface area contributed by atoms with Gasteiger partial charge in [0.25, 0.3) is 11.8 Å². The first kappa shape index (κ1) is 18.7. The Kier molecular flexibility index (Phi) is 6.17. The molecule has 136 valence electrons. The molecule has 0 radical (unpaired) electrons. The van der Waals surface area contributed by atoms with E-state index in [1.807, 2.05) is 0 Å². The van der Waals surface area contributed by atoms with Gasteiger partial charge in [-0.25, -0.2) is 0 Å². The van der Waals surface area contributed by atoms with Gasteiger partial charge in [0.15, 0.2) is 0 Å². The van der Waals surface area contributed by atoms with Crippen LogP contribution in [0.4, 0.5) is 0 Å². The highest BCUT2D eigenvalue weighted by molar-refractivity contribution is 6.31. The minimum atomic E-state index is -0.153. The molecule has 0 spiro atoms. The van der Waals surface area contributed by atoms with Gasteiger partial charge in [0.1, 0.15) is 0 Å². The molecule has 2 atom stereocenters. The van der Waals surface area contributed by atoms with Crippen molar-refractivity contribution in [1.82, 2.24) is 10.6 Å². The fourth-order valence-electron chi connectivity index (χ4n) is 3.18. The number of hydrogen-bond donors (Lipinski definition) is 2.